The molecule has 0 aromatic heterocycles. The monoisotopic (exact) mass is 486 g/mol. The van der Waals surface area contributed by atoms with Crippen molar-refractivity contribution >= 4 is 35.6 Å². The number of hydrogen-bond acceptors (Lipinski definition) is 7. The van der Waals surface area contributed by atoms with Crippen molar-refractivity contribution < 1.29 is 29.1 Å². The molecule has 0 aromatic carbocycles. The van der Waals surface area contributed by atoms with Crippen LogP contribution in [0.3, 0.4) is 0 Å². The van der Waals surface area contributed by atoms with E-state index in [-0.39, 0.29) is 31.1 Å². The Labute approximate surface area is 198 Å². The third-order valence-electron chi connectivity index (χ3n) is 5.15. The molecular formula is C20H38N8O6. The van der Waals surface area contributed by atoms with Gasteiger partial charge in [-0.15, -0.1) is 0 Å². The van der Waals surface area contributed by atoms with Gasteiger partial charge in [-0.1, -0.05) is 20.3 Å². The summed E-state index contributed by atoms with van der Waals surface area (Å²) in [7, 11) is 0. The smallest absolute Gasteiger partial charge is 0.326 e. The molecule has 14 heteroatoms. The van der Waals surface area contributed by atoms with Crippen molar-refractivity contribution in [3.8, 4) is 0 Å². The summed E-state index contributed by atoms with van der Waals surface area (Å²) in [6.45, 7) is 5.12. The van der Waals surface area contributed by atoms with Crippen LogP contribution in [-0.2, 0) is 24.0 Å². The molecule has 0 heterocycles. The quantitative estimate of drug-likeness (QED) is 0.0637. The lowest BCUT2D eigenvalue weighted by Gasteiger charge is -2.25. The molecule has 194 valence electrons. The van der Waals surface area contributed by atoms with Gasteiger partial charge in [-0.3, -0.25) is 24.2 Å². The maximum absolute atomic E-state index is 12.7. The Bertz CT molecular complexity index is 755. The maximum atomic E-state index is 12.7. The third-order valence-corrected chi connectivity index (χ3v) is 5.15. The number of amides is 4. The fraction of sp³-hybridized carbons (Fsp3) is 0.700. The van der Waals surface area contributed by atoms with E-state index in [0.717, 1.165) is 0 Å². The van der Waals surface area contributed by atoms with Crippen molar-refractivity contribution in [1.82, 2.24) is 16.0 Å². The molecule has 0 aliphatic carbocycles. The van der Waals surface area contributed by atoms with E-state index in [1.54, 1.807) is 13.8 Å². The minimum absolute atomic E-state index is 0.0722. The van der Waals surface area contributed by atoms with Gasteiger partial charge in [0.2, 0.25) is 23.6 Å². The van der Waals surface area contributed by atoms with Crippen LogP contribution in [0.25, 0.3) is 0 Å². The number of nitrogens with one attached hydrogen (secondary N) is 3. The Morgan fingerprint density at radius 1 is 0.912 bits per heavy atom. The van der Waals surface area contributed by atoms with Crippen molar-refractivity contribution in [3.63, 3.8) is 0 Å². The van der Waals surface area contributed by atoms with Crippen LogP contribution in [-0.4, -0.2) is 71.4 Å². The largest absolute Gasteiger partial charge is 0.480 e. The molecular weight excluding hydrogens is 448 g/mol. The lowest BCUT2D eigenvalue weighted by Crippen LogP contribution is -2.57. The van der Waals surface area contributed by atoms with Crippen LogP contribution in [0.15, 0.2) is 4.99 Å². The van der Waals surface area contributed by atoms with Gasteiger partial charge in [0.25, 0.3) is 0 Å². The Morgan fingerprint density at radius 2 is 1.53 bits per heavy atom. The summed E-state index contributed by atoms with van der Waals surface area (Å²) in [6.07, 6.45) is 0.840. The van der Waals surface area contributed by atoms with E-state index in [0.29, 0.717) is 19.4 Å². The number of nitrogens with two attached hydrogens (primary N) is 4. The number of carbonyl (C=O) groups excluding carboxylic acids is 4. The number of primary amides is 1. The summed E-state index contributed by atoms with van der Waals surface area (Å²) in [5, 5.41) is 16.7. The number of aliphatic imine (C=N–C) groups is 1. The number of nitrogens with zero attached hydrogens (tertiary/aromatic N) is 1. The van der Waals surface area contributed by atoms with Crippen LogP contribution in [0.4, 0.5) is 0 Å². The highest BCUT2D eigenvalue weighted by Gasteiger charge is 2.31. The highest BCUT2D eigenvalue weighted by Crippen LogP contribution is 2.09. The SMILES string of the molecule is CCC(C)C(NC(=O)C(CCC(N)=O)NC(=O)C(C)NC(=O)C(N)CCCN=C(N)N)C(=O)O. The van der Waals surface area contributed by atoms with Crippen LogP contribution in [0.1, 0.15) is 52.9 Å². The lowest BCUT2D eigenvalue weighted by molar-refractivity contribution is -0.144. The standard InChI is InChI=1S/C20H38N8O6/c1-4-10(2)15(19(33)34)28-18(32)13(7-8-14(22)29)27-16(30)11(3)26-17(31)12(21)6-5-9-25-20(23)24/h10-13,15H,4-9,21H2,1-3H3,(H2,22,29)(H,26,31)(H,27,30)(H,28,32)(H,33,34)(H4,23,24,25). The minimum Gasteiger partial charge on any atom is -0.480 e. The van der Waals surface area contributed by atoms with Gasteiger partial charge < -0.3 is 44.0 Å². The molecule has 0 saturated heterocycles. The molecule has 0 rings (SSSR count). The van der Waals surface area contributed by atoms with Gasteiger partial charge in [0.15, 0.2) is 5.96 Å². The van der Waals surface area contributed by atoms with Crippen LogP contribution in [0.5, 0.6) is 0 Å². The molecule has 5 atom stereocenters. The Morgan fingerprint density at radius 3 is 2.03 bits per heavy atom. The molecule has 14 nitrogen and oxygen atoms in total. The number of aliphatic carboxylic acids is 1. The number of carbonyl (C=O) groups is 5. The van der Waals surface area contributed by atoms with Crippen molar-refractivity contribution in [3.05, 3.63) is 0 Å². The first-order valence-electron chi connectivity index (χ1n) is 11.0. The van der Waals surface area contributed by atoms with Crippen molar-refractivity contribution in [1.29, 1.82) is 0 Å². The molecule has 0 saturated carbocycles. The van der Waals surface area contributed by atoms with E-state index >= 15 is 0 Å². The van der Waals surface area contributed by atoms with Crippen LogP contribution < -0.4 is 38.9 Å². The van der Waals surface area contributed by atoms with Gasteiger partial charge in [-0.25, -0.2) is 4.79 Å². The summed E-state index contributed by atoms with van der Waals surface area (Å²) in [5.41, 5.74) is 21.4. The van der Waals surface area contributed by atoms with E-state index in [2.05, 4.69) is 20.9 Å². The second kappa shape index (κ2) is 15.4. The second-order valence-corrected chi connectivity index (χ2v) is 8.06. The Hall–Kier alpha value is -3.42. The predicted molar refractivity (Wildman–Crippen MR) is 125 cm³/mol. The van der Waals surface area contributed by atoms with Gasteiger partial charge in [-0.2, -0.15) is 0 Å². The normalized spacial score (nSPS) is 15.1. The zero-order valence-electron chi connectivity index (χ0n) is 19.9. The lowest BCUT2D eigenvalue weighted by atomic mass is 9.98. The Balaban J connectivity index is 5.10. The van der Waals surface area contributed by atoms with Crippen molar-refractivity contribution in [2.75, 3.05) is 6.54 Å². The molecule has 4 amide bonds. The average Bonchev–Trinajstić information content (AvgIpc) is 2.75. The Kier molecular flexibility index (Phi) is 13.9. The molecule has 34 heavy (non-hydrogen) atoms. The van der Waals surface area contributed by atoms with Gasteiger partial charge >= 0.3 is 5.97 Å². The highest BCUT2D eigenvalue weighted by molar-refractivity contribution is 5.94. The summed E-state index contributed by atoms with van der Waals surface area (Å²) >= 11 is 0. The maximum Gasteiger partial charge on any atom is 0.326 e. The molecule has 0 spiro atoms. The van der Waals surface area contributed by atoms with E-state index < -0.39 is 53.8 Å². The van der Waals surface area contributed by atoms with Crippen molar-refractivity contribution in [2.45, 2.75) is 77.0 Å². The zero-order valence-corrected chi connectivity index (χ0v) is 19.9. The van der Waals surface area contributed by atoms with Crippen LogP contribution in [0.2, 0.25) is 0 Å². The number of carboxylic acid groups (broad SMARTS) is 1. The molecule has 0 aliphatic heterocycles. The second-order valence-electron chi connectivity index (χ2n) is 8.06. The predicted octanol–water partition coefficient (Wildman–Crippen LogP) is -2.76. The van der Waals surface area contributed by atoms with Gasteiger partial charge in [-0.05, 0) is 32.1 Å². The van der Waals surface area contributed by atoms with E-state index in [9.17, 15) is 29.1 Å². The van der Waals surface area contributed by atoms with Gasteiger partial charge in [0.1, 0.15) is 18.1 Å². The third kappa shape index (κ3) is 12.0. The fourth-order valence-electron chi connectivity index (χ4n) is 2.83. The van der Waals surface area contributed by atoms with E-state index in [1.807, 2.05) is 0 Å². The van der Waals surface area contributed by atoms with Gasteiger partial charge in [0, 0.05) is 13.0 Å². The van der Waals surface area contributed by atoms with Crippen LogP contribution in [0, 0.1) is 5.92 Å². The average molecular weight is 487 g/mol. The highest BCUT2D eigenvalue weighted by atomic mass is 16.4. The summed E-state index contributed by atoms with van der Waals surface area (Å²) in [6, 6.07) is -4.40. The first-order chi connectivity index (χ1) is 15.8. The topological polar surface area (TPSA) is 258 Å². The summed E-state index contributed by atoms with van der Waals surface area (Å²) in [5.74, 6) is -4.46. The summed E-state index contributed by atoms with van der Waals surface area (Å²) in [4.78, 5) is 64.0. The molecule has 0 fully saturated rings. The molecule has 0 radical (unpaired) electrons. The molecule has 12 N–H and O–H groups in total. The number of carboxylic acids is 1. The number of hydrogen-bond donors (Lipinski definition) is 8. The summed E-state index contributed by atoms with van der Waals surface area (Å²) < 4.78 is 0. The number of rotatable bonds is 16. The zero-order chi connectivity index (χ0) is 26.4. The van der Waals surface area contributed by atoms with E-state index in [4.69, 9.17) is 22.9 Å². The number of guanidine groups is 1. The minimum atomic E-state index is -1.24. The van der Waals surface area contributed by atoms with Gasteiger partial charge in [0.05, 0.1) is 6.04 Å². The molecule has 0 bridgehead atoms. The van der Waals surface area contributed by atoms with E-state index in [1.165, 1.54) is 6.92 Å². The first-order valence-corrected chi connectivity index (χ1v) is 11.0. The first kappa shape index (κ1) is 30.6. The van der Waals surface area contributed by atoms with Crippen LogP contribution >= 0.6 is 0 Å². The van der Waals surface area contributed by atoms with Crippen molar-refractivity contribution in [2.24, 2.45) is 33.8 Å². The molecule has 0 aromatic rings. The molecule has 0 aliphatic rings. The fourth-order valence-corrected chi connectivity index (χ4v) is 2.83. The molecule has 5 unspecified atom stereocenters.